The van der Waals surface area contributed by atoms with Crippen molar-refractivity contribution in [2.75, 3.05) is 13.2 Å². The maximum absolute atomic E-state index is 11.4. The van der Waals surface area contributed by atoms with Crippen molar-refractivity contribution in [3.05, 3.63) is 12.7 Å². The van der Waals surface area contributed by atoms with Gasteiger partial charge >= 0.3 is 12.1 Å². The zero-order valence-corrected chi connectivity index (χ0v) is 10.5. The quantitative estimate of drug-likeness (QED) is 0.600. The van der Waals surface area contributed by atoms with E-state index in [1.165, 1.54) is 0 Å². The number of nitrogens with one attached hydrogen (secondary N) is 1. The van der Waals surface area contributed by atoms with E-state index in [0.717, 1.165) is 0 Å². The topological polar surface area (TPSA) is 64.6 Å². The van der Waals surface area contributed by atoms with Crippen LogP contribution in [0.3, 0.4) is 0 Å². The van der Waals surface area contributed by atoms with Crippen molar-refractivity contribution < 1.29 is 19.1 Å². The highest BCUT2D eigenvalue weighted by molar-refractivity contribution is 5.76. The molecule has 1 amide bonds. The second-order valence-corrected chi connectivity index (χ2v) is 5.02. The molecule has 0 radical (unpaired) electrons. The maximum atomic E-state index is 11.4. The van der Waals surface area contributed by atoms with Crippen LogP contribution in [0.5, 0.6) is 0 Å². The number of ether oxygens (including phenoxy) is 2. The predicted octanol–water partition coefficient (Wildman–Crippen LogP) is 1.49. The summed E-state index contributed by atoms with van der Waals surface area (Å²) in [6.07, 6.45) is 1.15. The molecule has 0 aliphatic carbocycles. The van der Waals surface area contributed by atoms with E-state index >= 15 is 0 Å². The van der Waals surface area contributed by atoms with Crippen LogP contribution in [0.4, 0.5) is 4.79 Å². The molecule has 1 aliphatic rings. The van der Waals surface area contributed by atoms with Crippen molar-refractivity contribution >= 4 is 12.1 Å². The van der Waals surface area contributed by atoms with Crippen molar-refractivity contribution in [1.29, 1.82) is 0 Å². The van der Waals surface area contributed by atoms with Crippen LogP contribution in [0.2, 0.25) is 0 Å². The first-order valence-corrected chi connectivity index (χ1v) is 5.59. The molecule has 5 nitrogen and oxygen atoms in total. The van der Waals surface area contributed by atoms with Crippen LogP contribution in [0, 0.1) is 11.8 Å². The highest BCUT2D eigenvalue weighted by Gasteiger charge is 2.35. The number of carbonyl (C=O) groups excluding carboxylic acids is 2. The first-order chi connectivity index (χ1) is 7.83. The fourth-order valence-corrected chi connectivity index (χ4v) is 1.55. The van der Waals surface area contributed by atoms with Gasteiger partial charge in [0.2, 0.25) is 0 Å². The Morgan fingerprint density at radius 3 is 2.82 bits per heavy atom. The molecule has 1 rings (SSSR count). The molecule has 5 heteroatoms. The summed E-state index contributed by atoms with van der Waals surface area (Å²) in [5.74, 6) is -0.705. The molecule has 1 N–H and O–H groups in total. The van der Waals surface area contributed by atoms with Crippen LogP contribution >= 0.6 is 0 Å². The van der Waals surface area contributed by atoms with E-state index in [1.807, 2.05) is 0 Å². The second kappa shape index (κ2) is 5.21. The molecule has 1 saturated heterocycles. The van der Waals surface area contributed by atoms with Gasteiger partial charge in [-0.15, -0.1) is 6.58 Å². The minimum absolute atomic E-state index is 0.0440. The molecule has 96 valence electrons. The Hall–Kier alpha value is -1.52. The fourth-order valence-electron chi connectivity index (χ4n) is 1.55. The first-order valence-electron chi connectivity index (χ1n) is 5.59. The van der Waals surface area contributed by atoms with E-state index in [9.17, 15) is 9.59 Å². The number of rotatable bonds is 3. The van der Waals surface area contributed by atoms with E-state index in [0.29, 0.717) is 6.61 Å². The molecule has 0 aromatic heterocycles. The molecule has 1 heterocycles. The van der Waals surface area contributed by atoms with Crippen LogP contribution in [-0.4, -0.2) is 30.8 Å². The van der Waals surface area contributed by atoms with E-state index in [-0.39, 0.29) is 24.3 Å². The largest absolute Gasteiger partial charge is 0.465 e. The average molecular weight is 241 g/mol. The van der Waals surface area contributed by atoms with Gasteiger partial charge in [-0.05, 0) is 20.8 Å². The Bertz CT molecular complexity index is 319. The van der Waals surface area contributed by atoms with Crippen LogP contribution in [-0.2, 0) is 14.3 Å². The van der Waals surface area contributed by atoms with Gasteiger partial charge in [-0.2, -0.15) is 0 Å². The zero-order valence-electron chi connectivity index (χ0n) is 10.5. The summed E-state index contributed by atoms with van der Waals surface area (Å²) in [6.45, 7) is 9.53. The highest BCUT2D eigenvalue weighted by atomic mass is 16.6. The van der Waals surface area contributed by atoms with Gasteiger partial charge in [0.1, 0.15) is 5.60 Å². The molecule has 2 atom stereocenters. The Labute approximate surface area is 101 Å². The molecule has 0 aromatic rings. The van der Waals surface area contributed by atoms with Gasteiger partial charge < -0.3 is 14.8 Å². The Kier molecular flexibility index (Phi) is 4.15. The molecule has 1 aliphatic heterocycles. The van der Waals surface area contributed by atoms with E-state index in [4.69, 9.17) is 9.47 Å². The predicted molar refractivity (Wildman–Crippen MR) is 62.4 cm³/mol. The Morgan fingerprint density at radius 1 is 1.65 bits per heavy atom. The number of hydrogen-bond donors (Lipinski definition) is 1. The summed E-state index contributed by atoms with van der Waals surface area (Å²) < 4.78 is 9.97. The van der Waals surface area contributed by atoms with Crippen LogP contribution in [0.1, 0.15) is 20.8 Å². The normalized spacial score (nSPS) is 24.1. The lowest BCUT2D eigenvalue weighted by Crippen LogP contribution is -2.37. The minimum atomic E-state index is -0.544. The fraction of sp³-hybridized carbons (Fsp3) is 0.667. The lowest BCUT2D eigenvalue weighted by molar-refractivity contribution is -0.141. The summed E-state index contributed by atoms with van der Waals surface area (Å²) in [6, 6.07) is 0. The minimum Gasteiger partial charge on any atom is -0.465 e. The van der Waals surface area contributed by atoms with Crippen LogP contribution in [0.25, 0.3) is 0 Å². The first kappa shape index (κ1) is 13.5. The number of carbonyl (C=O) groups is 2. The maximum Gasteiger partial charge on any atom is 0.407 e. The Morgan fingerprint density at radius 2 is 2.29 bits per heavy atom. The van der Waals surface area contributed by atoms with Crippen LogP contribution < -0.4 is 5.32 Å². The van der Waals surface area contributed by atoms with Crippen molar-refractivity contribution in [2.45, 2.75) is 26.4 Å². The summed E-state index contributed by atoms with van der Waals surface area (Å²) in [5, 5.41) is 2.57. The van der Waals surface area contributed by atoms with E-state index < -0.39 is 11.7 Å². The van der Waals surface area contributed by atoms with E-state index in [1.54, 1.807) is 26.8 Å². The zero-order chi connectivity index (χ0) is 13.1. The smallest absolute Gasteiger partial charge is 0.407 e. The molecule has 2 unspecified atom stereocenters. The molecular weight excluding hydrogens is 222 g/mol. The van der Waals surface area contributed by atoms with Gasteiger partial charge in [-0.1, -0.05) is 6.08 Å². The molecule has 1 fully saturated rings. The van der Waals surface area contributed by atoms with E-state index in [2.05, 4.69) is 11.9 Å². The summed E-state index contributed by atoms with van der Waals surface area (Å²) >= 11 is 0. The van der Waals surface area contributed by atoms with Gasteiger partial charge in [-0.25, -0.2) is 4.79 Å². The summed E-state index contributed by atoms with van der Waals surface area (Å²) in [7, 11) is 0. The summed E-state index contributed by atoms with van der Waals surface area (Å²) in [4.78, 5) is 22.8. The van der Waals surface area contributed by atoms with Crippen molar-refractivity contribution in [1.82, 2.24) is 5.32 Å². The van der Waals surface area contributed by atoms with Gasteiger partial charge in [0.05, 0.1) is 12.5 Å². The number of alkyl carbamates (subject to hydrolysis) is 1. The Balaban J connectivity index is 2.42. The number of amides is 1. The summed E-state index contributed by atoms with van der Waals surface area (Å²) in [5.41, 5.74) is -0.544. The standard InChI is InChI=1S/C12H19NO4/c1-5-8-7-16-10(14)9(8)6-13-11(15)17-12(2,3)4/h5,8-9H,1,6-7H2,2-4H3,(H,13,15). The molecular formula is C12H19NO4. The second-order valence-electron chi connectivity index (χ2n) is 5.02. The van der Waals surface area contributed by atoms with Gasteiger partial charge in [0.15, 0.2) is 0 Å². The molecule has 0 bridgehead atoms. The number of cyclic esters (lactones) is 1. The third-order valence-corrected chi connectivity index (χ3v) is 2.41. The monoisotopic (exact) mass is 241 g/mol. The molecule has 0 saturated carbocycles. The molecule has 0 aromatic carbocycles. The molecule has 0 spiro atoms. The third kappa shape index (κ3) is 4.09. The SMILES string of the molecule is C=CC1COC(=O)C1CNC(=O)OC(C)(C)C. The highest BCUT2D eigenvalue weighted by Crippen LogP contribution is 2.22. The van der Waals surface area contributed by atoms with Gasteiger partial charge in [0, 0.05) is 12.5 Å². The molecule has 17 heavy (non-hydrogen) atoms. The van der Waals surface area contributed by atoms with Gasteiger partial charge in [-0.3, -0.25) is 4.79 Å². The van der Waals surface area contributed by atoms with Crippen LogP contribution in [0.15, 0.2) is 12.7 Å². The number of esters is 1. The van der Waals surface area contributed by atoms with Crippen molar-refractivity contribution in [3.8, 4) is 0 Å². The lowest BCUT2D eigenvalue weighted by Gasteiger charge is -2.20. The van der Waals surface area contributed by atoms with Gasteiger partial charge in [0.25, 0.3) is 0 Å². The number of hydrogen-bond acceptors (Lipinski definition) is 4. The van der Waals surface area contributed by atoms with Crippen molar-refractivity contribution in [3.63, 3.8) is 0 Å². The average Bonchev–Trinajstić information content (AvgIpc) is 2.53. The lowest BCUT2D eigenvalue weighted by atomic mass is 9.96. The van der Waals surface area contributed by atoms with Crippen molar-refractivity contribution in [2.24, 2.45) is 11.8 Å². The third-order valence-electron chi connectivity index (χ3n) is 2.41.